The zero-order valence-electron chi connectivity index (χ0n) is 9.92. The van der Waals surface area contributed by atoms with E-state index < -0.39 is 17.6 Å². The molecular weight excluding hydrogens is 259 g/mol. The van der Waals surface area contributed by atoms with Crippen LogP contribution in [0.4, 0.5) is 18.9 Å². The Kier molecular flexibility index (Phi) is 2.67. The number of anilines is 1. The number of benzene rings is 1. The Labute approximate surface area is 107 Å². The minimum atomic E-state index is -4.52. The first-order chi connectivity index (χ1) is 8.98. The number of rotatable bonds is 0. The van der Waals surface area contributed by atoms with Gasteiger partial charge in [0.25, 0.3) is 5.91 Å². The zero-order valence-corrected chi connectivity index (χ0v) is 9.92. The summed E-state index contributed by atoms with van der Waals surface area (Å²) in [6.45, 7) is 1.78. The molecule has 2 aliphatic rings. The number of carbonyl (C=O) groups is 1. The van der Waals surface area contributed by atoms with Gasteiger partial charge in [0.15, 0.2) is 0 Å². The van der Waals surface area contributed by atoms with Crippen molar-refractivity contribution in [3.8, 4) is 0 Å². The molecule has 7 heteroatoms. The molecule has 1 saturated heterocycles. The van der Waals surface area contributed by atoms with Crippen LogP contribution in [0.5, 0.6) is 0 Å². The minimum Gasteiger partial charge on any atom is -0.348 e. The molecule has 2 aliphatic heterocycles. The van der Waals surface area contributed by atoms with Crippen LogP contribution in [0.3, 0.4) is 0 Å². The van der Waals surface area contributed by atoms with Gasteiger partial charge in [-0.2, -0.15) is 13.2 Å². The lowest BCUT2D eigenvalue weighted by molar-refractivity contribution is -0.137. The maximum Gasteiger partial charge on any atom is 0.417 e. The first kappa shape index (κ1) is 12.3. The summed E-state index contributed by atoms with van der Waals surface area (Å²) in [5, 5.41) is 5.71. The lowest BCUT2D eigenvalue weighted by atomic mass is 9.99. The fraction of sp³-hybridized carbons (Fsp3) is 0.417. The maximum atomic E-state index is 13.0. The largest absolute Gasteiger partial charge is 0.417 e. The van der Waals surface area contributed by atoms with Crippen LogP contribution in [0.15, 0.2) is 18.2 Å². The summed E-state index contributed by atoms with van der Waals surface area (Å²) in [5.41, 5.74) is -0.780. The highest BCUT2D eigenvalue weighted by Crippen LogP contribution is 2.38. The van der Waals surface area contributed by atoms with Gasteiger partial charge in [-0.1, -0.05) is 6.07 Å². The Bertz CT molecular complexity index is 529. The van der Waals surface area contributed by atoms with Crippen molar-refractivity contribution in [2.24, 2.45) is 0 Å². The number of nitrogens with zero attached hydrogens (tertiary/aromatic N) is 1. The zero-order chi connectivity index (χ0) is 13.6. The highest BCUT2D eigenvalue weighted by Gasteiger charge is 2.41. The third-order valence-electron chi connectivity index (χ3n) is 3.43. The van der Waals surface area contributed by atoms with Gasteiger partial charge in [0, 0.05) is 19.6 Å². The van der Waals surface area contributed by atoms with E-state index in [1.165, 1.54) is 6.07 Å². The van der Waals surface area contributed by atoms with E-state index in [0.717, 1.165) is 6.07 Å². The Balaban J connectivity index is 2.14. The molecule has 1 aromatic carbocycles. The van der Waals surface area contributed by atoms with Gasteiger partial charge < -0.3 is 15.5 Å². The molecule has 0 aromatic heterocycles. The van der Waals surface area contributed by atoms with Gasteiger partial charge >= 0.3 is 6.18 Å². The molecular formula is C12H12F3N3O. The maximum absolute atomic E-state index is 13.0. The van der Waals surface area contributed by atoms with Crippen molar-refractivity contribution < 1.29 is 18.0 Å². The van der Waals surface area contributed by atoms with E-state index in [1.807, 2.05) is 4.90 Å². The fourth-order valence-corrected chi connectivity index (χ4v) is 2.60. The highest BCUT2D eigenvalue weighted by atomic mass is 19.4. The number of carbonyl (C=O) groups excluding carboxylic acids is 1. The molecule has 0 radical (unpaired) electrons. The van der Waals surface area contributed by atoms with Gasteiger partial charge in [0.05, 0.1) is 16.8 Å². The summed E-state index contributed by atoms with van der Waals surface area (Å²) in [4.78, 5) is 13.8. The van der Waals surface area contributed by atoms with E-state index in [9.17, 15) is 18.0 Å². The normalized spacial score (nSPS) is 22.6. The fourth-order valence-electron chi connectivity index (χ4n) is 2.60. The molecule has 0 bridgehead atoms. The lowest BCUT2D eigenvalue weighted by Crippen LogP contribution is -2.62. The molecule has 2 N–H and O–H groups in total. The molecule has 1 fully saturated rings. The van der Waals surface area contributed by atoms with Crippen LogP contribution in [-0.4, -0.2) is 31.7 Å². The highest BCUT2D eigenvalue weighted by molar-refractivity contribution is 6.03. The molecule has 0 spiro atoms. The third kappa shape index (κ3) is 1.94. The van der Waals surface area contributed by atoms with Crippen LogP contribution in [0.25, 0.3) is 0 Å². The molecule has 102 valence electrons. The standard InChI is InChI=1S/C12H12F3N3O/c13-12(14,15)7-2-1-3-8-10(7)11(19)17-9-6-16-4-5-18(8)9/h1-3,9,16H,4-6H2,(H,17,19)/t9-/m1/s1. The average molecular weight is 271 g/mol. The molecule has 4 nitrogen and oxygen atoms in total. The van der Waals surface area contributed by atoms with Crippen LogP contribution < -0.4 is 15.5 Å². The second-order valence-corrected chi connectivity index (χ2v) is 4.58. The van der Waals surface area contributed by atoms with Crippen LogP contribution in [0, 0.1) is 0 Å². The van der Waals surface area contributed by atoms with E-state index in [-0.39, 0.29) is 11.7 Å². The summed E-state index contributed by atoms with van der Waals surface area (Å²) in [6, 6.07) is 3.86. The second kappa shape index (κ2) is 4.12. The topological polar surface area (TPSA) is 44.4 Å². The number of amides is 1. The molecule has 1 amide bonds. The van der Waals surface area contributed by atoms with Gasteiger partial charge in [0.2, 0.25) is 0 Å². The summed E-state index contributed by atoms with van der Waals surface area (Å²) in [7, 11) is 0. The van der Waals surface area contributed by atoms with Crippen molar-refractivity contribution in [1.82, 2.24) is 10.6 Å². The van der Waals surface area contributed by atoms with E-state index in [2.05, 4.69) is 10.6 Å². The molecule has 1 aromatic rings. The van der Waals surface area contributed by atoms with Gasteiger partial charge in [-0.15, -0.1) is 0 Å². The minimum absolute atomic E-state index is 0.270. The quantitative estimate of drug-likeness (QED) is 0.745. The summed E-state index contributed by atoms with van der Waals surface area (Å²) >= 11 is 0. The van der Waals surface area contributed by atoms with Crippen molar-refractivity contribution in [2.45, 2.75) is 12.3 Å². The van der Waals surface area contributed by atoms with Crippen LogP contribution in [0.2, 0.25) is 0 Å². The van der Waals surface area contributed by atoms with Crippen molar-refractivity contribution >= 4 is 11.6 Å². The van der Waals surface area contributed by atoms with Crippen molar-refractivity contribution in [3.05, 3.63) is 29.3 Å². The van der Waals surface area contributed by atoms with Crippen LogP contribution in [-0.2, 0) is 6.18 Å². The van der Waals surface area contributed by atoms with Crippen molar-refractivity contribution in [1.29, 1.82) is 0 Å². The van der Waals surface area contributed by atoms with E-state index in [1.54, 1.807) is 6.07 Å². The molecule has 0 aliphatic carbocycles. The van der Waals surface area contributed by atoms with Crippen molar-refractivity contribution in [3.63, 3.8) is 0 Å². The van der Waals surface area contributed by atoms with Gasteiger partial charge in [-0.05, 0) is 12.1 Å². The lowest BCUT2D eigenvalue weighted by Gasteiger charge is -2.42. The number of alkyl halides is 3. The Morgan fingerprint density at radius 2 is 2.11 bits per heavy atom. The first-order valence-electron chi connectivity index (χ1n) is 5.97. The number of piperazine rings is 1. The monoisotopic (exact) mass is 271 g/mol. The molecule has 0 saturated carbocycles. The van der Waals surface area contributed by atoms with E-state index in [4.69, 9.17) is 0 Å². The molecule has 1 atom stereocenters. The molecule has 3 rings (SSSR count). The number of fused-ring (bicyclic) bond motifs is 3. The number of hydrogen-bond donors (Lipinski definition) is 2. The predicted octanol–water partition coefficient (Wildman–Crippen LogP) is 1.18. The number of nitrogens with one attached hydrogen (secondary N) is 2. The van der Waals surface area contributed by atoms with Gasteiger partial charge in [-0.3, -0.25) is 4.79 Å². The molecule has 19 heavy (non-hydrogen) atoms. The summed E-state index contributed by atoms with van der Waals surface area (Å²) < 4.78 is 38.9. The van der Waals surface area contributed by atoms with Crippen LogP contribution in [0.1, 0.15) is 15.9 Å². The average Bonchev–Trinajstić information content (AvgIpc) is 2.37. The summed E-state index contributed by atoms with van der Waals surface area (Å²) in [5.74, 6) is -0.659. The van der Waals surface area contributed by atoms with Crippen LogP contribution >= 0.6 is 0 Å². The number of halogens is 3. The second-order valence-electron chi connectivity index (χ2n) is 4.58. The molecule has 2 heterocycles. The predicted molar refractivity (Wildman–Crippen MR) is 62.9 cm³/mol. The van der Waals surface area contributed by atoms with E-state index >= 15 is 0 Å². The van der Waals surface area contributed by atoms with E-state index in [0.29, 0.717) is 25.3 Å². The van der Waals surface area contributed by atoms with Crippen molar-refractivity contribution in [2.75, 3.05) is 24.5 Å². The third-order valence-corrected chi connectivity index (χ3v) is 3.43. The molecule has 0 unspecified atom stereocenters. The Hall–Kier alpha value is -1.76. The summed E-state index contributed by atoms with van der Waals surface area (Å²) in [6.07, 6.45) is -4.80. The first-order valence-corrected chi connectivity index (χ1v) is 5.97. The number of hydrogen-bond acceptors (Lipinski definition) is 3. The van der Waals surface area contributed by atoms with Gasteiger partial charge in [0.1, 0.15) is 6.17 Å². The van der Waals surface area contributed by atoms with Gasteiger partial charge in [-0.25, -0.2) is 0 Å². The Morgan fingerprint density at radius 1 is 1.32 bits per heavy atom. The smallest absolute Gasteiger partial charge is 0.348 e. The Morgan fingerprint density at radius 3 is 2.84 bits per heavy atom. The SMILES string of the molecule is O=C1N[C@H]2CNCCN2c2cccc(C(F)(F)F)c21.